The number of amides is 2. The van der Waals surface area contributed by atoms with Crippen LogP contribution in [0.2, 0.25) is 0 Å². The van der Waals surface area contributed by atoms with Crippen molar-refractivity contribution in [2.45, 2.75) is 32.7 Å². The average Bonchev–Trinajstić information content (AvgIpc) is 2.81. The van der Waals surface area contributed by atoms with Crippen molar-refractivity contribution in [3.05, 3.63) is 60.2 Å². The number of hydrogen-bond donors (Lipinski definition) is 1. The topological polar surface area (TPSA) is 61.9 Å². The standard InChI is InChI=1S/C25H33N3O3/c1-19(2)27-15-13-20(14-16-27)17-26-24(29)18-28(22-7-5-4-6-8-22)25(30)21-9-11-23(31-3)12-10-21/h4-12,19-20H,13-18H2,1-3H3,(H,26,29). The van der Waals surface area contributed by atoms with Crippen LogP contribution in [0, 0.1) is 5.92 Å². The Labute approximate surface area is 185 Å². The molecule has 2 aromatic carbocycles. The molecule has 1 fully saturated rings. The first-order chi connectivity index (χ1) is 15.0. The smallest absolute Gasteiger partial charge is 0.258 e. The van der Waals surface area contributed by atoms with E-state index in [4.69, 9.17) is 4.74 Å². The van der Waals surface area contributed by atoms with E-state index in [0.29, 0.717) is 35.5 Å². The number of carbonyl (C=O) groups excluding carboxylic acids is 2. The Morgan fingerprint density at radius 3 is 2.29 bits per heavy atom. The van der Waals surface area contributed by atoms with Crippen molar-refractivity contribution >= 4 is 17.5 Å². The van der Waals surface area contributed by atoms with E-state index in [1.54, 1.807) is 31.4 Å². The molecule has 2 aromatic rings. The average molecular weight is 424 g/mol. The van der Waals surface area contributed by atoms with Crippen LogP contribution in [-0.4, -0.2) is 56.0 Å². The van der Waals surface area contributed by atoms with Crippen LogP contribution in [0.5, 0.6) is 5.75 Å². The Hall–Kier alpha value is -2.86. The maximum Gasteiger partial charge on any atom is 0.258 e. The molecular formula is C25H33N3O3. The number of ether oxygens (including phenoxy) is 1. The Balaban J connectivity index is 1.62. The second-order valence-electron chi connectivity index (χ2n) is 8.33. The van der Waals surface area contributed by atoms with Gasteiger partial charge in [-0.05, 0) is 82.1 Å². The number of methoxy groups -OCH3 is 1. The molecule has 0 atom stereocenters. The van der Waals surface area contributed by atoms with Gasteiger partial charge in [-0.1, -0.05) is 18.2 Å². The fourth-order valence-corrected chi connectivity index (χ4v) is 3.91. The van der Waals surface area contributed by atoms with Gasteiger partial charge in [0.1, 0.15) is 12.3 Å². The predicted octanol–water partition coefficient (Wildman–Crippen LogP) is 3.58. The number of carbonyl (C=O) groups is 2. The van der Waals surface area contributed by atoms with Crippen molar-refractivity contribution in [2.24, 2.45) is 5.92 Å². The summed E-state index contributed by atoms with van der Waals surface area (Å²) in [5.74, 6) is 0.816. The molecule has 1 N–H and O–H groups in total. The molecule has 31 heavy (non-hydrogen) atoms. The second-order valence-corrected chi connectivity index (χ2v) is 8.33. The molecule has 1 aliphatic rings. The molecule has 1 heterocycles. The largest absolute Gasteiger partial charge is 0.497 e. The molecule has 0 unspecified atom stereocenters. The summed E-state index contributed by atoms with van der Waals surface area (Å²) in [6.07, 6.45) is 2.18. The first-order valence-corrected chi connectivity index (χ1v) is 11.0. The van der Waals surface area contributed by atoms with Gasteiger partial charge in [-0.3, -0.25) is 14.5 Å². The highest BCUT2D eigenvalue weighted by atomic mass is 16.5. The molecule has 0 radical (unpaired) electrons. The SMILES string of the molecule is COc1ccc(C(=O)N(CC(=O)NCC2CCN(C(C)C)CC2)c2ccccc2)cc1. The van der Waals surface area contributed by atoms with E-state index in [0.717, 1.165) is 25.9 Å². The van der Waals surface area contributed by atoms with Crippen molar-refractivity contribution in [3.63, 3.8) is 0 Å². The highest BCUT2D eigenvalue weighted by Crippen LogP contribution is 2.20. The zero-order chi connectivity index (χ0) is 22.2. The van der Waals surface area contributed by atoms with Gasteiger partial charge in [0.2, 0.25) is 5.91 Å². The first kappa shape index (κ1) is 22.8. The van der Waals surface area contributed by atoms with Gasteiger partial charge in [0, 0.05) is 23.8 Å². The summed E-state index contributed by atoms with van der Waals surface area (Å²) < 4.78 is 5.18. The molecule has 3 rings (SSSR count). The minimum absolute atomic E-state index is 0.0142. The molecule has 0 aliphatic carbocycles. The van der Waals surface area contributed by atoms with Gasteiger partial charge < -0.3 is 15.0 Å². The van der Waals surface area contributed by atoms with Crippen LogP contribution >= 0.6 is 0 Å². The van der Waals surface area contributed by atoms with Crippen LogP contribution in [0.25, 0.3) is 0 Å². The lowest BCUT2D eigenvalue weighted by atomic mass is 9.96. The highest BCUT2D eigenvalue weighted by Gasteiger charge is 2.23. The quantitative estimate of drug-likeness (QED) is 0.705. The molecule has 6 heteroatoms. The van der Waals surface area contributed by atoms with Crippen LogP contribution in [0.1, 0.15) is 37.0 Å². The highest BCUT2D eigenvalue weighted by molar-refractivity contribution is 6.08. The zero-order valence-electron chi connectivity index (χ0n) is 18.7. The maximum atomic E-state index is 13.2. The lowest BCUT2D eigenvalue weighted by Gasteiger charge is -2.34. The fourth-order valence-electron chi connectivity index (χ4n) is 3.91. The normalized spacial score (nSPS) is 15.0. The van der Waals surface area contributed by atoms with Gasteiger partial charge in [0.05, 0.1) is 7.11 Å². The molecule has 0 aromatic heterocycles. The van der Waals surface area contributed by atoms with Gasteiger partial charge >= 0.3 is 0 Å². The van der Waals surface area contributed by atoms with E-state index < -0.39 is 0 Å². The third-order valence-electron chi connectivity index (χ3n) is 5.92. The van der Waals surface area contributed by atoms with Crippen molar-refractivity contribution in [1.29, 1.82) is 0 Å². The van der Waals surface area contributed by atoms with Gasteiger partial charge in [-0.2, -0.15) is 0 Å². The summed E-state index contributed by atoms with van der Waals surface area (Å²) in [5.41, 5.74) is 1.21. The second kappa shape index (κ2) is 11.0. The van der Waals surface area contributed by atoms with Crippen molar-refractivity contribution in [1.82, 2.24) is 10.2 Å². The number of piperidine rings is 1. The molecule has 1 aliphatic heterocycles. The molecule has 2 amide bonds. The summed E-state index contributed by atoms with van der Waals surface area (Å²) in [6, 6.07) is 16.8. The van der Waals surface area contributed by atoms with E-state index in [2.05, 4.69) is 24.1 Å². The van der Waals surface area contributed by atoms with Crippen LogP contribution in [-0.2, 0) is 4.79 Å². The fraction of sp³-hybridized carbons (Fsp3) is 0.440. The van der Waals surface area contributed by atoms with Crippen LogP contribution in [0.15, 0.2) is 54.6 Å². The lowest BCUT2D eigenvalue weighted by Crippen LogP contribution is -2.44. The molecule has 0 spiro atoms. The maximum absolute atomic E-state index is 13.2. The van der Waals surface area contributed by atoms with E-state index in [1.165, 1.54) is 4.90 Å². The Bertz CT molecular complexity index is 844. The monoisotopic (exact) mass is 423 g/mol. The van der Waals surface area contributed by atoms with E-state index in [1.807, 2.05) is 30.3 Å². The van der Waals surface area contributed by atoms with Crippen LogP contribution in [0.3, 0.4) is 0 Å². The number of hydrogen-bond acceptors (Lipinski definition) is 4. The number of para-hydroxylation sites is 1. The number of rotatable bonds is 8. The van der Waals surface area contributed by atoms with E-state index >= 15 is 0 Å². The number of likely N-dealkylation sites (tertiary alicyclic amines) is 1. The zero-order valence-corrected chi connectivity index (χ0v) is 18.7. The third kappa shape index (κ3) is 6.31. The Morgan fingerprint density at radius 2 is 1.71 bits per heavy atom. The summed E-state index contributed by atoms with van der Waals surface area (Å²) in [7, 11) is 1.59. The van der Waals surface area contributed by atoms with E-state index in [-0.39, 0.29) is 18.4 Å². The summed E-state index contributed by atoms with van der Waals surface area (Å²) in [6.45, 7) is 7.23. The van der Waals surface area contributed by atoms with Crippen molar-refractivity contribution in [3.8, 4) is 5.75 Å². The van der Waals surface area contributed by atoms with Gasteiger partial charge in [0.15, 0.2) is 0 Å². The first-order valence-electron chi connectivity index (χ1n) is 11.0. The minimum Gasteiger partial charge on any atom is -0.497 e. The van der Waals surface area contributed by atoms with Gasteiger partial charge in [-0.15, -0.1) is 0 Å². The minimum atomic E-state index is -0.214. The lowest BCUT2D eigenvalue weighted by molar-refractivity contribution is -0.120. The summed E-state index contributed by atoms with van der Waals surface area (Å²) >= 11 is 0. The van der Waals surface area contributed by atoms with Crippen LogP contribution < -0.4 is 15.0 Å². The van der Waals surface area contributed by atoms with E-state index in [9.17, 15) is 9.59 Å². The molecular weight excluding hydrogens is 390 g/mol. The van der Waals surface area contributed by atoms with Crippen LogP contribution in [0.4, 0.5) is 5.69 Å². The third-order valence-corrected chi connectivity index (χ3v) is 5.92. The number of anilines is 1. The van der Waals surface area contributed by atoms with Crippen molar-refractivity contribution < 1.29 is 14.3 Å². The molecule has 6 nitrogen and oxygen atoms in total. The number of nitrogens with one attached hydrogen (secondary N) is 1. The Kier molecular flexibility index (Phi) is 8.06. The molecule has 1 saturated heterocycles. The molecule has 166 valence electrons. The van der Waals surface area contributed by atoms with Crippen molar-refractivity contribution in [2.75, 3.05) is 38.2 Å². The predicted molar refractivity (Wildman–Crippen MR) is 124 cm³/mol. The van der Waals surface area contributed by atoms with Gasteiger partial charge in [-0.25, -0.2) is 0 Å². The Morgan fingerprint density at radius 1 is 1.06 bits per heavy atom. The molecule has 0 bridgehead atoms. The summed E-state index contributed by atoms with van der Waals surface area (Å²) in [5, 5.41) is 3.05. The molecule has 0 saturated carbocycles. The van der Waals surface area contributed by atoms with Gasteiger partial charge in [0.25, 0.3) is 5.91 Å². The number of nitrogens with zero attached hydrogens (tertiary/aromatic N) is 2. The summed E-state index contributed by atoms with van der Waals surface area (Å²) in [4.78, 5) is 29.9. The number of benzene rings is 2.